The van der Waals surface area contributed by atoms with Crippen molar-refractivity contribution < 1.29 is 8.78 Å². The minimum atomic E-state index is -2.62. The number of nitrogens with zero attached hydrogens (tertiary/aromatic N) is 5. The predicted octanol–water partition coefficient (Wildman–Crippen LogP) is 3.44. The average Bonchev–Trinajstić information content (AvgIpc) is 3.04. The molecule has 0 aliphatic heterocycles. The van der Waals surface area contributed by atoms with Crippen LogP contribution in [-0.4, -0.2) is 24.3 Å². The van der Waals surface area contributed by atoms with Crippen LogP contribution < -0.4 is 0 Å². The van der Waals surface area contributed by atoms with E-state index >= 15 is 0 Å². The summed E-state index contributed by atoms with van der Waals surface area (Å²) in [6, 6.07) is 1.69. The summed E-state index contributed by atoms with van der Waals surface area (Å²) in [6.45, 7) is 3.52. The molecule has 5 nitrogen and oxygen atoms in total. The third-order valence-corrected chi connectivity index (χ3v) is 3.24. The van der Waals surface area contributed by atoms with E-state index in [-0.39, 0.29) is 5.54 Å². The molecule has 7 heteroatoms. The number of pyridine rings is 1. The standard InChI is InChI=1S/C14H15F2N5/c1-14(2,3)21-7-9(5-19-21)10-4-11-12(6-17-10)20(8-18-11)13(15)16/h4-8,13H,1-3H3. The van der Waals surface area contributed by atoms with Crippen molar-refractivity contribution in [3.63, 3.8) is 0 Å². The van der Waals surface area contributed by atoms with Crippen LogP contribution in [0.25, 0.3) is 22.3 Å². The Bertz CT molecular complexity index is 782. The van der Waals surface area contributed by atoms with Crippen LogP contribution in [0.4, 0.5) is 8.78 Å². The van der Waals surface area contributed by atoms with E-state index < -0.39 is 6.55 Å². The van der Waals surface area contributed by atoms with E-state index in [4.69, 9.17) is 0 Å². The van der Waals surface area contributed by atoms with Gasteiger partial charge in [-0.2, -0.15) is 13.9 Å². The Balaban J connectivity index is 2.04. The van der Waals surface area contributed by atoms with Gasteiger partial charge in [-0.05, 0) is 26.8 Å². The molecule has 0 aliphatic carbocycles. The molecule has 3 rings (SSSR count). The first-order valence-corrected chi connectivity index (χ1v) is 6.52. The number of hydrogen-bond donors (Lipinski definition) is 0. The Morgan fingerprint density at radius 3 is 2.52 bits per heavy atom. The second kappa shape index (κ2) is 4.61. The maximum absolute atomic E-state index is 12.8. The van der Waals surface area contributed by atoms with Crippen LogP contribution in [0.5, 0.6) is 0 Å². The highest BCUT2D eigenvalue weighted by Gasteiger charge is 2.16. The average molecular weight is 291 g/mol. The van der Waals surface area contributed by atoms with Gasteiger partial charge >= 0.3 is 6.55 Å². The smallest absolute Gasteiger partial charge is 0.271 e. The summed E-state index contributed by atoms with van der Waals surface area (Å²) in [7, 11) is 0. The minimum Gasteiger partial charge on any atom is -0.271 e. The lowest BCUT2D eigenvalue weighted by Crippen LogP contribution is -2.21. The van der Waals surface area contributed by atoms with Crippen molar-refractivity contribution in [1.29, 1.82) is 0 Å². The quantitative estimate of drug-likeness (QED) is 0.726. The number of halogens is 2. The first-order valence-electron chi connectivity index (χ1n) is 6.52. The van der Waals surface area contributed by atoms with Crippen molar-refractivity contribution >= 4 is 11.0 Å². The summed E-state index contributed by atoms with van der Waals surface area (Å²) in [4.78, 5) is 8.24. The molecule has 0 fully saturated rings. The highest BCUT2D eigenvalue weighted by molar-refractivity contribution is 5.79. The van der Waals surface area contributed by atoms with Crippen LogP contribution in [0, 0.1) is 0 Å². The zero-order chi connectivity index (χ0) is 15.2. The van der Waals surface area contributed by atoms with Crippen LogP contribution in [0.1, 0.15) is 27.3 Å². The summed E-state index contributed by atoms with van der Waals surface area (Å²) >= 11 is 0. The summed E-state index contributed by atoms with van der Waals surface area (Å²) in [6.07, 6.45) is 6.14. The molecule has 110 valence electrons. The van der Waals surface area contributed by atoms with Gasteiger partial charge in [0, 0.05) is 11.8 Å². The summed E-state index contributed by atoms with van der Waals surface area (Å²) < 4.78 is 28.2. The normalized spacial score (nSPS) is 12.5. The molecular formula is C14H15F2N5. The maximum atomic E-state index is 12.8. The van der Waals surface area contributed by atoms with Gasteiger partial charge in [0.05, 0.1) is 34.7 Å². The minimum absolute atomic E-state index is 0.125. The molecule has 0 aromatic carbocycles. The molecule has 21 heavy (non-hydrogen) atoms. The number of fused-ring (bicyclic) bond motifs is 1. The summed E-state index contributed by atoms with van der Waals surface area (Å²) in [5.74, 6) is 0. The fourth-order valence-corrected chi connectivity index (χ4v) is 2.06. The molecule has 0 unspecified atom stereocenters. The van der Waals surface area contributed by atoms with Gasteiger partial charge in [-0.25, -0.2) is 4.98 Å². The van der Waals surface area contributed by atoms with Crippen LogP contribution in [0.3, 0.4) is 0 Å². The number of rotatable bonds is 2. The van der Waals surface area contributed by atoms with Crippen molar-refractivity contribution in [3.8, 4) is 11.3 Å². The molecule has 0 saturated carbocycles. The third-order valence-electron chi connectivity index (χ3n) is 3.24. The molecule has 0 radical (unpaired) electrons. The molecule has 0 saturated heterocycles. The van der Waals surface area contributed by atoms with E-state index in [1.54, 1.807) is 12.3 Å². The molecule has 3 aromatic heterocycles. The van der Waals surface area contributed by atoms with Gasteiger partial charge in [-0.1, -0.05) is 0 Å². The lowest BCUT2D eigenvalue weighted by molar-refractivity contribution is 0.0745. The van der Waals surface area contributed by atoms with Gasteiger partial charge in [-0.3, -0.25) is 14.2 Å². The number of imidazole rings is 1. The van der Waals surface area contributed by atoms with E-state index in [2.05, 4.69) is 15.1 Å². The lowest BCUT2D eigenvalue weighted by atomic mass is 10.1. The highest BCUT2D eigenvalue weighted by atomic mass is 19.3. The van der Waals surface area contributed by atoms with Crippen molar-refractivity contribution in [1.82, 2.24) is 24.3 Å². The zero-order valence-corrected chi connectivity index (χ0v) is 12.0. The molecular weight excluding hydrogens is 276 g/mol. The van der Waals surface area contributed by atoms with E-state index in [1.165, 1.54) is 6.20 Å². The molecule has 0 N–H and O–H groups in total. The SMILES string of the molecule is CC(C)(C)n1cc(-c2cc3ncn(C(F)F)c3cn2)cn1. The Kier molecular flexibility index (Phi) is 3.00. The van der Waals surface area contributed by atoms with Gasteiger partial charge in [0.15, 0.2) is 0 Å². The topological polar surface area (TPSA) is 48.5 Å². The summed E-state index contributed by atoms with van der Waals surface area (Å²) in [5, 5.41) is 4.31. The highest BCUT2D eigenvalue weighted by Crippen LogP contribution is 2.25. The molecule has 0 bridgehead atoms. The van der Waals surface area contributed by atoms with Crippen LogP contribution in [-0.2, 0) is 5.54 Å². The van der Waals surface area contributed by atoms with Gasteiger partial charge in [0.25, 0.3) is 0 Å². The first kappa shape index (κ1) is 13.7. The zero-order valence-electron chi connectivity index (χ0n) is 12.0. The second-order valence-electron chi connectivity index (χ2n) is 5.83. The largest absolute Gasteiger partial charge is 0.320 e. The van der Waals surface area contributed by atoms with Crippen LogP contribution in [0.15, 0.2) is 31.0 Å². The van der Waals surface area contributed by atoms with Crippen molar-refractivity contribution in [2.75, 3.05) is 0 Å². The van der Waals surface area contributed by atoms with Gasteiger partial charge in [0.1, 0.15) is 6.33 Å². The molecule has 0 atom stereocenters. The van der Waals surface area contributed by atoms with Crippen LogP contribution >= 0.6 is 0 Å². The van der Waals surface area contributed by atoms with Gasteiger partial charge in [-0.15, -0.1) is 0 Å². The molecule has 3 heterocycles. The Morgan fingerprint density at radius 1 is 1.14 bits per heavy atom. The Morgan fingerprint density at radius 2 is 1.90 bits per heavy atom. The predicted molar refractivity (Wildman–Crippen MR) is 75.0 cm³/mol. The third kappa shape index (κ3) is 2.39. The number of alkyl halides is 2. The monoisotopic (exact) mass is 291 g/mol. The van der Waals surface area contributed by atoms with E-state index in [0.717, 1.165) is 16.5 Å². The molecule has 0 spiro atoms. The van der Waals surface area contributed by atoms with E-state index in [0.29, 0.717) is 16.7 Å². The molecule has 0 aliphatic rings. The van der Waals surface area contributed by atoms with Crippen LogP contribution in [0.2, 0.25) is 0 Å². The first-order chi connectivity index (χ1) is 9.86. The van der Waals surface area contributed by atoms with E-state index in [1.807, 2.05) is 31.6 Å². The number of aromatic nitrogens is 5. The fraction of sp³-hybridized carbons (Fsp3) is 0.357. The molecule has 0 amide bonds. The van der Waals surface area contributed by atoms with Gasteiger partial charge < -0.3 is 0 Å². The number of hydrogen-bond acceptors (Lipinski definition) is 3. The fourth-order valence-electron chi connectivity index (χ4n) is 2.06. The second-order valence-corrected chi connectivity index (χ2v) is 5.83. The van der Waals surface area contributed by atoms with Crippen molar-refractivity contribution in [2.45, 2.75) is 32.9 Å². The van der Waals surface area contributed by atoms with Crippen molar-refractivity contribution in [3.05, 3.63) is 31.0 Å². The van der Waals surface area contributed by atoms with Crippen molar-refractivity contribution in [2.24, 2.45) is 0 Å². The Labute approximate surface area is 120 Å². The summed E-state index contributed by atoms with van der Waals surface area (Å²) in [5.41, 5.74) is 2.18. The Hall–Kier alpha value is -2.31. The lowest BCUT2D eigenvalue weighted by Gasteiger charge is -2.18. The van der Waals surface area contributed by atoms with E-state index in [9.17, 15) is 8.78 Å². The maximum Gasteiger partial charge on any atom is 0.320 e. The van der Waals surface area contributed by atoms with Gasteiger partial charge in [0.2, 0.25) is 0 Å². The molecule has 3 aromatic rings.